The van der Waals surface area contributed by atoms with Crippen LogP contribution in [0.15, 0.2) is 18.2 Å². The third kappa shape index (κ3) is 1.91. The number of rotatable bonds is 3. The van der Waals surface area contributed by atoms with Crippen molar-refractivity contribution in [3.63, 3.8) is 0 Å². The van der Waals surface area contributed by atoms with Gasteiger partial charge in [-0.15, -0.1) is 0 Å². The van der Waals surface area contributed by atoms with Crippen LogP contribution >= 0.6 is 11.6 Å². The minimum Gasteiger partial charge on any atom is -0.327 e. The Bertz CT molecular complexity index is 367. The molecule has 1 saturated carbocycles. The number of hydrogen-bond acceptors (Lipinski definition) is 1. The van der Waals surface area contributed by atoms with Gasteiger partial charge in [0.25, 0.3) is 0 Å². The molecule has 2 rings (SSSR count). The van der Waals surface area contributed by atoms with Gasteiger partial charge >= 0.3 is 0 Å². The van der Waals surface area contributed by atoms with Gasteiger partial charge in [0.15, 0.2) is 0 Å². The van der Waals surface area contributed by atoms with Crippen molar-refractivity contribution < 1.29 is 0 Å². The summed E-state index contributed by atoms with van der Waals surface area (Å²) in [6.07, 6.45) is 3.44. The van der Waals surface area contributed by atoms with E-state index in [2.05, 4.69) is 26.0 Å². The van der Waals surface area contributed by atoms with Crippen molar-refractivity contribution in [1.29, 1.82) is 0 Å². The lowest BCUT2D eigenvalue weighted by atomic mass is 9.88. The van der Waals surface area contributed by atoms with Crippen LogP contribution in [0.3, 0.4) is 0 Å². The quantitative estimate of drug-likeness (QED) is 0.836. The highest BCUT2D eigenvalue weighted by atomic mass is 35.5. The predicted molar refractivity (Wildman–Crippen MR) is 65.4 cm³/mol. The smallest absolute Gasteiger partial charge is 0.0411 e. The highest BCUT2D eigenvalue weighted by Crippen LogP contribution is 2.50. The molecule has 0 saturated heterocycles. The minimum atomic E-state index is 0.217. The molecule has 1 fully saturated rings. The van der Waals surface area contributed by atoms with Crippen molar-refractivity contribution in [3.05, 3.63) is 34.3 Å². The maximum absolute atomic E-state index is 6.13. The zero-order valence-corrected chi connectivity index (χ0v) is 10.1. The summed E-state index contributed by atoms with van der Waals surface area (Å²) >= 11 is 6.13. The van der Waals surface area contributed by atoms with Gasteiger partial charge < -0.3 is 5.73 Å². The first-order valence-corrected chi connectivity index (χ1v) is 6.02. The van der Waals surface area contributed by atoms with Crippen LogP contribution in [0.5, 0.6) is 0 Å². The molecule has 0 spiro atoms. The summed E-state index contributed by atoms with van der Waals surface area (Å²) in [5, 5.41) is 0.844. The summed E-state index contributed by atoms with van der Waals surface area (Å²) in [4.78, 5) is 0. The van der Waals surface area contributed by atoms with Gasteiger partial charge in [-0.1, -0.05) is 24.6 Å². The SMILES string of the molecule is CCc1cc(Cl)cc(C2(C(C)N)CC2)c1. The largest absolute Gasteiger partial charge is 0.327 e. The topological polar surface area (TPSA) is 26.0 Å². The fourth-order valence-corrected chi connectivity index (χ4v) is 2.54. The molecule has 0 radical (unpaired) electrons. The van der Waals surface area contributed by atoms with Gasteiger partial charge in [-0.3, -0.25) is 0 Å². The van der Waals surface area contributed by atoms with Crippen molar-refractivity contribution in [2.24, 2.45) is 5.73 Å². The van der Waals surface area contributed by atoms with Crippen LogP contribution in [0.4, 0.5) is 0 Å². The maximum atomic E-state index is 6.13. The Hall–Kier alpha value is -0.530. The van der Waals surface area contributed by atoms with Gasteiger partial charge in [0.2, 0.25) is 0 Å². The Kier molecular flexibility index (Phi) is 2.78. The number of benzene rings is 1. The molecule has 0 aliphatic heterocycles. The Morgan fingerprint density at radius 2 is 2.07 bits per heavy atom. The predicted octanol–water partition coefficient (Wildman–Crippen LogP) is 3.28. The average Bonchev–Trinajstić information content (AvgIpc) is 2.97. The minimum absolute atomic E-state index is 0.217. The van der Waals surface area contributed by atoms with Crippen LogP contribution in [-0.4, -0.2) is 6.04 Å². The van der Waals surface area contributed by atoms with Crippen LogP contribution in [-0.2, 0) is 11.8 Å². The fourth-order valence-electron chi connectivity index (χ4n) is 2.28. The lowest BCUT2D eigenvalue weighted by Gasteiger charge is -2.21. The first-order chi connectivity index (χ1) is 7.08. The van der Waals surface area contributed by atoms with E-state index in [-0.39, 0.29) is 11.5 Å². The average molecular weight is 224 g/mol. The zero-order chi connectivity index (χ0) is 11.1. The zero-order valence-electron chi connectivity index (χ0n) is 9.39. The Labute approximate surface area is 96.6 Å². The summed E-state index contributed by atoms with van der Waals surface area (Å²) in [7, 11) is 0. The molecule has 0 amide bonds. The van der Waals surface area contributed by atoms with Gasteiger partial charge in [-0.05, 0) is 49.4 Å². The summed E-state index contributed by atoms with van der Waals surface area (Å²) < 4.78 is 0. The lowest BCUT2D eigenvalue weighted by molar-refractivity contribution is 0.556. The highest BCUT2D eigenvalue weighted by molar-refractivity contribution is 6.30. The second kappa shape index (κ2) is 3.80. The van der Waals surface area contributed by atoms with E-state index in [4.69, 9.17) is 17.3 Å². The van der Waals surface area contributed by atoms with E-state index in [1.807, 2.05) is 6.07 Å². The maximum Gasteiger partial charge on any atom is 0.0411 e. The number of aryl methyl sites for hydroxylation is 1. The molecular formula is C13H18ClN. The first kappa shape index (κ1) is 11.0. The van der Waals surface area contributed by atoms with E-state index in [1.165, 1.54) is 24.0 Å². The summed E-state index contributed by atoms with van der Waals surface area (Å²) in [5.74, 6) is 0. The molecule has 0 bridgehead atoms. The van der Waals surface area contributed by atoms with E-state index in [0.29, 0.717) is 0 Å². The molecule has 1 nitrogen and oxygen atoms in total. The summed E-state index contributed by atoms with van der Waals surface area (Å²) in [6.45, 7) is 4.25. The molecule has 1 aromatic rings. The Morgan fingerprint density at radius 1 is 1.40 bits per heavy atom. The monoisotopic (exact) mass is 223 g/mol. The molecular weight excluding hydrogens is 206 g/mol. The first-order valence-electron chi connectivity index (χ1n) is 5.64. The highest BCUT2D eigenvalue weighted by Gasteiger charge is 2.47. The third-order valence-electron chi connectivity index (χ3n) is 3.60. The molecule has 1 atom stereocenters. The van der Waals surface area contributed by atoms with Crippen LogP contribution in [0.1, 0.15) is 37.8 Å². The second-order valence-corrected chi connectivity index (χ2v) is 5.08. The summed E-state index contributed by atoms with van der Waals surface area (Å²) in [6, 6.07) is 6.61. The Morgan fingerprint density at radius 3 is 2.53 bits per heavy atom. The standard InChI is InChI=1S/C13H18ClN/c1-3-10-6-11(8-12(14)7-10)13(4-5-13)9(2)15/h6-9H,3-5,15H2,1-2H3. The van der Waals surface area contributed by atoms with E-state index >= 15 is 0 Å². The van der Waals surface area contributed by atoms with Crippen molar-refractivity contribution >= 4 is 11.6 Å². The molecule has 2 N–H and O–H groups in total. The van der Waals surface area contributed by atoms with Crippen LogP contribution in [0.2, 0.25) is 5.02 Å². The number of nitrogens with two attached hydrogens (primary N) is 1. The van der Waals surface area contributed by atoms with Crippen LogP contribution in [0, 0.1) is 0 Å². The second-order valence-electron chi connectivity index (χ2n) is 4.65. The fraction of sp³-hybridized carbons (Fsp3) is 0.538. The summed E-state index contributed by atoms with van der Waals surface area (Å²) in [5.41, 5.74) is 8.93. The van der Waals surface area contributed by atoms with Gasteiger partial charge in [-0.25, -0.2) is 0 Å². The van der Waals surface area contributed by atoms with E-state index in [1.54, 1.807) is 0 Å². The van der Waals surface area contributed by atoms with Crippen molar-refractivity contribution in [1.82, 2.24) is 0 Å². The normalized spacial score (nSPS) is 20.0. The molecule has 1 aliphatic carbocycles. The van der Waals surface area contributed by atoms with Gasteiger partial charge in [0.1, 0.15) is 0 Å². The van der Waals surface area contributed by atoms with Crippen molar-refractivity contribution in [2.75, 3.05) is 0 Å². The lowest BCUT2D eigenvalue weighted by Crippen LogP contribution is -2.31. The van der Waals surface area contributed by atoms with Gasteiger partial charge in [-0.2, -0.15) is 0 Å². The third-order valence-corrected chi connectivity index (χ3v) is 3.82. The van der Waals surface area contributed by atoms with Crippen molar-refractivity contribution in [3.8, 4) is 0 Å². The molecule has 1 unspecified atom stereocenters. The molecule has 1 aliphatic rings. The molecule has 0 aromatic heterocycles. The van der Waals surface area contributed by atoms with E-state index in [9.17, 15) is 0 Å². The van der Waals surface area contributed by atoms with Crippen LogP contribution < -0.4 is 5.73 Å². The van der Waals surface area contributed by atoms with E-state index in [0.717, 1.165) is 11.4 Å². The van der Waals surface area contributed by atoms with E-state index < -0.39 is 0 Å². The van der Waals surface area contributed by atoms with Crippen LogP contribution in [0.25, 0.3) is 0 Å². The number of halogens is 1. The molecule has 1 aromatic carbocycles. The van der Waals surface area contributed by atoms with Gasteiger partial charge in [0.05, 0.1) is 0 Å². The Balaban J connectivity index is 2.40. The molecule has 2 heteroatoms. The molecule has 0 heterocycles. The molecule has 15 heavy (non-hydrogen) atoms. The molecule has 82 valence electrons. The van der Waals surface area contributed by atoms with Crippen molar-refractivity contribution in [2.45, 2.75) is 44.6 Å². The number of hydrogen-bond donors (Lipinski definition) is 1. The van der Waals surface area contributed by atoms with Gasteiger partial charge in [0, 0.05) is 16.5 Å².